The molecule has 4 aliphatic rings. The van der Waals surface area contributed by atoms with Gasteiger partial charge in [0.1, 0.15) is 17.6 Å². The van der Waals surface area contributed by atoms with Gasteiger partial charge in [-0.3, -0.25) is 23.9 Å². The summed E-state index contributed by atoms with van der Waals surface area (Å²) in [5.41, 5.74) is -0.150. The zero-order valence-electron chi connectivity index (χ0n) is 33.2. The summed E-state index contributed by atoms with van der Waals surface area (Å²) in [6.07, 6.45) is 0.788. The van der Waals surface area contributed by atoms with Crippen LogP contribution in [-0.2, 0) is 29.2 Å². The van der Waals surface area contributed by atoms with Crippen LogP contribution in [0, 0.1) is 22.7 Å². The number of halogens is 2. The molecule has 0 unspecified atom stereocenters. The van der Waals surface area contributed by atoms with Crippen molar-refractivity contribution in [3.8, 4) is 22.8 Å². The molecule has 2 aliphatic carbocycles. The highest BCUT2D eigenvalue weighted by atomic mass is 32.2. The summed E-state index contributed by atoms with van der Waals surface area (Å²) in [5.74, 6) is -5.76. The minimum atomic E-state index is -3.91. The number of alkyl halides is 2. The van der Waals surface area contributed by atoms with Gasteiger partial charge in [0, 0.05) is 55.3 Å². The molecule has 58 heavy (non-hydrogen) atoms. The fourth-order valence-electron chi connectivity index (χ4n) is 8.29. The van der Waals surface area contributed by atoms with Gasteiger partial charge in [-0.1, -0.05) is 57.2 Å². The Morgan fingerprint density at radius 3 is 2.41 bits per heavy atom. The topological polar surface area (TPSA) is 152 Å². The van der Waals surface area contributed by atoms with E-state index in [1.807, 2.05) is 36.4 Å². The van der Waals surface area contributed by atoms with Crippen molar-refractivity contribution >= 4 is 44.4 Å². The molecule has 1 N–H and O–H groups in total. The van der Waals surface area contributed by atoms with Gasteiger partial charge < -0.3 is 19.3 Å². The van der Waals surface area contributed by atoms with Crippen LogP contribution in [0.1, 0.15) is 65.7 Å². The number of allylic oxidation sites excluding steroid dienone is 1. The van der Waals surface area contributed by atoms with E-state index in [2.05, 4.69) is 11.3 Å². The maximum atomic E-state index is 14.8. The van der Waals surface area contributed by atoms with E-state index in [1.54, 1.807) is 46.1 Å². The Morgan fingerprint density at radius 1 is 1.09 bits per heavy atom. The van der Waals surface area contributed by atoms with Crippen LogP contribution in [0.5, 0.6) is 11.5 Å². The molecule has 0 bridgehead atoms. The summed E-state index contributed by atoms with van der Waals surface area (Å²) in [5, 5.41) is 0.00981. The number of sulfonamides is 1. The number of pyridine rings is 1. The van der Waals surface area contributed by atoms with Gasteiger partial charge in [-0.2, -0.15) is 0 Å². The average Bonchev–Trinajstić information content (AvgIpc) is 4.09. The molecular weight excluding hydrogens is 771 g/mol. The monoisotopic (exact) mass is 820 g/mol. The summed E-state index contributed by atoms with van der Waals surface area (Å²) in [6, 6.07) is 15.6. The van der Waals surface area contributed by atoms with Crippen molar-refractivity contribution in [3.63, 3.8) is 0 Å². The fourth-order valence-corrected chi connectivity index (χ4v) is 9.68. The molecule has 0 spiro atoms. The van der Waals surface area contributed by atoms with Crippen molar-refractivity contribution < 1.29 is 45.9 Å². The van der Waals surface area contributed by atoms with E-state index in [1.165, 1.54) is 11.0 Å². The van der Waals surface area contributed by atoms with E-state index in [0.717, 1.165) is 10.5 Å². The number of amides is 3. The number of hydrogen-bond acceptors (Lipinski definition) is 9. The number of carbonyl (C=O) groups excluding carboxylic acids is 4. The van der Waals surface area contributed by atoms with E-state index in [-0.39, 0.29) is 38.8 Å². The third-order valence-corrected chi connectivity index (χ3v) is 13.9. The smallest absolute Gasteiger partial charge is 0.267 e. The molecule has 5 atom stereocenters. The van der Waals surface area contributed by atoms with E-state index >= 15 is 0 Å². The van der Waals surface area contributed by atoms with Gasteiger partial charge >= 0.3 is 0 Å². The molecule has 2 aliphatic heterocycles. The molecule has 3 aromatic rings. The Balaban J connectivity index is 1.21. The first-order valence-electron chi connectivity index (χ1n) is 19.7. The second kappa shape index (κ2) is 15.4. The number of likely N-dealkylation sites (tertiary alicyclic amines) is 2. The second-order valence-corrected chi connectivity index (χ2v) is 19.3. The van der Waals surface area contributed by atoms with Crippen LogP contribution in [-0.4, -0.2) is 96.8 Å². The quantitative estimate of drug-likeness (QED) is 0.195. The van der Waals surface area contributed by atoms with Crippen molar-refractivity contribution in [1.29, 1.82) is 0 Å². The van der Waals surface area contributed by atoms with Crippen LogP contribution in [0.25, 0.3) is 22.2 Å². The zero-order valence-corrected chi connectivity index (χ0v) is 34.0. The Kier molecular flexibility index (Phi) is 10.9. The lowest BCUT2D eigenvalue weighted by molar-refractivity contribution is -0.148. The Hall–Kier alpha value is -4.92. The first-order valence-corrected chi connectivity index (χ1v) is 21.3. The first-order chi connectivity index (χ1) is 27.3. The van der Waals surface area contributed by atoms with Gasteiger partial charge in [-0.15, -0.1) is 6.58 Å². The second-order valence-electron chi connectivity index (χ2n) is 17.3. The molecule has 15 heteroatoms. The summed E-state index contributed by atoms with van der Waals surface area (Å²) in [7, 11) is -2.35. The number of nitrogens with zero attached hydrogens (tertiary/aromatic N) is 3. The van der Waals surface area contributed by atoms with Crippen LogP contribution in [0.4, 0.5) is 8.78 Å². The van der Waals surface area contributed by atoms with Crippen molar-refractivity contribution in [2.75, 3.05) is 26.7 Å². The molecule has 0 radical (unpaired) electrons. The summed E-state index contributed by atoms with van der Waals surface area (Å²) in [4.78, 5) is 63.9. The van der Waals surface area contributed by atoms with Gasteiger partial charge in [0.2, 0.25) is 27.7 Å². The standard InChI is InChI=1S/C43H50F2N4O8S/c1-6-27-22-42(27,40(53)47-58(54,55)30-13-14-30)23-36(50)35-19-29(24-49(35)39(52)32(41(2,3)4)20-38(51)48-17-16-43(44,45)25-48)57-37-21-33(26-10-8-7-9-11-26)46-34-18-28(56-5)12-15-31(34)37/h6-12,15,18,21,27,29-30,32,35H,1,13-14,16-17,19-20,22-25H2,2-5H3,(H,47,53)/t27-,29-,32-,35+,42-/m1/s1. The highest BCUT2D eigenvalue weighted by Gasteiger charge is 2.61. The van der Waals surface area contributed by atoms with Gasteiger partial charge in [0.25, 0.3) is 5.92 Å². The zero-order chi connectivity index (χ0) is 41.8. The molecular formula is C43H50F2N4O8S. The van der Waals surface area contributed by atoms with Crippen molar-refractivity contribution in [3.05, 3.63) is 67.3 Å². The number of carbonyl (C=O) groups is 4. The molecule has 3 amide bonds. The number of methoxy groups -OCH3 is 1. The lowest BCUT2D eigenvalue weighted by Gasteiger charge is -2.35. The van der Waals surface area contributed by atoms with Gasteiger partial charge in [0.15, 0.2) is 5.78 Å². The minimum Gasteiger partial charge on any atom is -0.497 e. The average molecular weight is 821 g/mol. The normalized spacial score (nSPS) is 24.6. The van der Waals surface area contributed by atoms with E-state index in [4.69, 9.17) is 14.5 Å². The van der Waals surface area contributed by atoms with Crippen LogP contribution in [0.15, 0.2) is 67.3 Å². The summed E-state index contributed by atoms with van der Waals surface area (Å²) >= 11 is 0. The third kappa shape index (κ3) is 8.46. The number of fused-ring (bicyclic) bond motifs is 1. The van der Waals surface area contributed by atoms with Gasteiger partial charge in [-0.05, 0) is 42.7 Å². The number of nitrogens with one attached hydrogen (secondary N) is 1. The van der Waals surface area contributed by atoms with Gasteiger partial charge in [-0.25, -0.2) is 22.2 Å². The SMILES string of the molecule is C=C[C@@H]1C[C@]1(CC(=O)[C@@H]1C[C@@H](Oc2cc(-c3ccccc3)nc3cc(OC)ccc23)CN1C(=O)[C@@H](CC(=O)N1CCC(F)(F)C1)C(C)(C)C)C(=O)NS(=O)(=O)C1CC1. The van der Waals surface area contributed by atoms with Crippen LogP contribution in [0.2, 0.25) is 0 Å². The van der Waals surface area contributed by atoms with E-state index < -0.39 is 92.5 Å². The third-order valence-electron chi connectivity index (χ3n) is 12.1. The molecule has 2 saturated heterocycles. The van der Waals surface area contributed by atoms with E-state index in [9.17, 15) is 36.4 Å². The van der Waals surface area contributed by atoms with Crippen LogP contribution < -0.4 is 14.2 Å². The summed E-state index contributed by atoms with van der Waals surface area (Å²) in [6.45, 7) is 8.25. The maximum absolute atomic E-state index is 14.8. The highest BCUT2D eigenvalue weighted by Crippen LogP contribution is 2.57. The van der Waals surface area contributed by atoms with Crippen LogP contribution in [0.3, 0.4) is 0 Å². The molecule has 2 aromatic carbocycles. The Labute approximate surface area is 337 Å². The number of hydrogen-bond donors (Lipinski definition) is 1. The van der Waals surface area contributed by atoms with Crippen molar-refractivity contribution in [2.45, 2.75) is 89.0 Å². The predicted octanol–water partition coefficient (Wildman–Crippen LogP) is 5.94. The van der Waals surface area contributed by atoms with Gasteiger partial charge in [0.05, 0.1) is 54.0 Å². The Morgan fingerprint density at radius 2 is 1.81 bits per heavy atom. The molecule has 7 rings (SSSR count). The molecule has 2 saturated carbocycles. The molecule has 310 valence electrons. The largest absolute Gasteiger partial charge is 0.497 e. The van der Waals surface area contributed by atoms with Crippen LogP contribution >= 0.6 is 0 Å². The molecule has 4 fully saturated rings. The number of aromatic nitrogens is 1. The number of benzene rings is 2. The lowest BCUT2D eigenvalue weighted by Crippen LogP contribution is -2.49. The molecule has 3 heterocycles. The number of ether oxygens (including phenoxy) is 2. The number of rotatable bonds is 14. The first kappa shape index (κ1) is 41.2. The minimum absolute atomic E-state index is 0.0329. The fraction of sp³-hybridized carbons (Fsp3) is 0.512. The van der Waals surface area contributed by atoms with Crippen molar-refractivity contribution in [1.82, 2.24) is 19.5 Å². The van der Waals surface area contributed by atoms with E-state index in [0.29, 0.717) is 40.9 Å². The summed E-state index contributed by atoms with van der Waals surface area (Å²) < 4.78 is 68.3. The Bertz CT molecular complexity index is 2240. The highest BCUT2D eigenvalue weighted by molar-refractivity contribution is 7.90. The van der Waals surface area contributed by atoms with Crippen molar-refractivity contribution in [2.24, 2.45) is 22.7 Å². The number of Topliss-reactive ketones (excluding diaryl/α,β-unsaturated/α-hetero) is 1. The maximum Gasteiger partial charge on any atom is 0.267 e. The molecule has 12 nitrogen and oxygen atoms in total. The number of ketones is 1. The molecule has 1 aromatic heterocycles. The lowest BCUT2D eigenvalue weighted by atomic mass is 9.77. The predicted molar refractivity (Wildman–Crippen MR) is 212 cm³/mol.